The van der Waals surface area contributed by atoms with Gasteiger partial charge in [0, 0.05) is 0 Å². The van der Waals surface area contributed by atoms with Crippen molar-refractivity contribution in [2.24, 2.45) is 0 Å². The number of hydrogen-bond donors (Lipinski definition) is 1. The number of rotatable bonds is 1. The third kappa shape index (κ3) is 1.72. The van der Waals surface area contributed by atoms with Gasteiger partial charge in [0.05, 0.1) is 5.02 Å². The second kappa shape index (κ2) is 3.12. The quantitative estimate of drug-likeness (QED) is 0.780. The molecule has 0 atom stereocenters. The van der Waals surface area contributed by atoms with Crippen LogP contribution in [0.3, 0.4) is 0 Å². The zero-order valence-electron chi connectivity index (χ0n) is 5.21. The third-order valence-corrected chi connectivity index (χ3v) is 3.90. The number of thiophene rings is 1. The van der Waals surface area contributed by atoms with Gasteiger partial charge in [0.2, 0.25) is 5.13 Å². The summed E-state index contributed by atoms with van der Waals surface area (Å²) in [5.74, 6) is 0. The van der Waals surface area contributed by atoms with Gasteiger partial charge in [-0.1, -0.05) is 34.5 Å². The summed E-state index contributed by atoms with van der Waals surface area (Å²) in [4.78, 5) is -0.959. The fraction of sp³-hybridized carbons (Fsp3) is 0. The summed E-state index contributed by atoms with van der Waals surface area (Å²) in [5, 5.41) is -1.60. The van der Waals surface area contributed by atoms with E-state index in [1.165, 1.54) is 0 Å². The largest absolute Gasteiger partial charge is 0.299 e. The van der Waals surface area contributed by atoms with Crippen molar-refractivity contribution in [2.45, 2.75) is 4.90 Å². The first-order valence-corrected chi connectivity index (χ1v) is 5.46. The average molecular weight is 251 g/mol. The lowest BCUT2D eigenvalue weighted by Gasteiger charge is -1.91. The Hall–Kier alpha value is 0.120. The highest BCUT2D eigenvalue weighted by Crippen LogP contribution is 2.38. The van der Waals surface area contributed by atoms with Crippen LogP contribution >= 0.6 is 34.5 Å². The maximum Gasteiger partial charge on any atom is 0.299 e. The van der Waals surface area contributed by atoms with Crippen molar-refractivity contribution >= 4 is 44.7 Å². The zero-order valence-corrected chi connectivity index (χ0v) is 8.36. The Morgan fingerprint density at radius 3 is 2.08 bits per heavy atom. The van der Waals surface area contributed by atoms with Crippen molar-refractivity contribution in [3.05, 3.63) is 14.5 Å². The second-order valence-electron chi connectivity index (χ2n) is 1.77. The molecule has 0 saturated heterocycles. The Bertz CT molecular complexity index is 410. The molecular weight excluding hydrogens is 250 g/mol. The van der Waals surface area contributed by atoms with Crippen molar-refractivity contribution in [2.75, 3.05) is 0 Å². The fourth-order valence-corrected chi connectivity index (χ4v) is 3.04. The Morgan fingerprint density at radius 1 is 1.42 bits per heavy atom. The van der Waals surface area contributed by atoms with E-state index in [9.17, 15) is 12.8 Å². The van der Waals surface area contributed by atoms with E-state index in [1.807, 2.05) is 0 Å². The van der Waals surface area contributed by atoms with E-state index in [2.05, 4.69) is 0 Å². The maximum absolute atomic E-state index is 12.7. The first-order valence-electron chi connectivity index (χ1n) is 2.45. The molecule has 12 heavy (non-hydrogen) atoms. The van der Waals surface area contributed by atoms with Gasteiger partial charge in [0.15, 0.2) is 4.90 Å². The van der Waals surface area contributed by atoms with Crippen molar-refractivity contribution < 1.29 is 17.4 Å². The van der Waals surface area contributed by atoms with Gasteiger partial charge in [0.1, 0.15) is 4.34 Å². The monoisotopic (exact) mass is 250 g/mol. The molecule has 1 rings (SSSR count). The smallest absolute Gasteiger partial charge is 0.282 e. The molecule has 68 valence electrons. The lowest BCUT2D eigenvalue weighted by Crippen LogP contribution is -1.98. The highest BCUT2D eigenvalue weighted by atomic mass is 35.5. The van der Waals surface area contributed by atoms with Crippen LogP contribution in [0.1, 0.15) is 0 Å². The summed E-state index contributed by atoms with van der Waals surface area (Å²) in [7, 11) is -4.62. The maximum atomic E-state index is 12.7. The van der Waals surface area contributed by atoms with Crippen molar-refractivity contribution in [1.82, 2.24) is 0 Å². The van der Waals surface area contributed by atoms with E-state index in [-0.39, 0.29) is 4.34 Å². The molecule has 1 aromatic heterocycles. The van der Waals surface area contributed by atoms with E-state index >= 15 is 0 Å². The predicted octanol–water partition coefficient (Wildman–Crippen LogP) is 2.44. The first-order chi connectivity index (χ1) is 5.34. The van der Waals surface area contributed by atoms with Gasteiger partial charge in [-0.25, -0.2) is 0 Å². The van der Waals surface area contributed by atoms with Crippen LogP contribution in [0.25, 0.3) is 0 Å². The number of hydrogen-bond acceptors (Lipinski definition) is 3. The van der Waals surface area contributed by atoms with Gasteiger partial charge >= 0.3 is 0 Å². The van der Waals surface area contributed by atoms with Gasteiger partial charge in [-0.2, -0.15) is 12.8 Å². The lowest BCUT2D eigenvalue weighted by atomic mass is 10.6. The van der Waals surface area contributed by atoms with Gasteiger partial charge < -0.3 is 0 Å². The molecule has 8 heteroatoms. The van der Waals surface area contributed by atoms with Crippen LogP contribution in [0.15, 0.2) is 4.90 Å². The molecule has 0 amide bonds. The molecule has 0 fully saturated rings. The van der Waals surface area contributed by atoms with Crippen LogP contribution in [-0.4, -0.2) is 13.0 Å². The average Bonchev–Trinajstić information content (AvgIpc) is 2.05. The van der Waals surface area contributed by atoms with Crippen LogP contribution in [-0.2, 0) is 10.1 Å². The highest BCUT2D eigenvalue weighted by molar-refractivity contribution is 7.86. The molecule has 0 unspecified atom stereocenters. The lowest BCUT2D eigenvalue weighted by molar-refractivity contribution is 0.476. The molecule has 1 N–H and O–H groups in total. The Labute approximate surface area is 81.5 Å². The van der Waals surface area contributed by atoms with Crippen molar-refractivity contribution in [1.29, 1.82) is 0 Å². The zero-order chi connectivity index (χ0) is 9.52. The minimum absolute atomic E-state index is 0.207. The summed E-state index contributed by atoms with van der Waals surface area (Å²) in [6.07, 6.45) is 0. The Balaban J connectivity index is 3.54. The fourth-order valence-electron chi connectivity index (χ4n) is 0.560. The van der Waals surface area contributed by atoms with Gasteiger partial charge in [-0.05, 0) is 0 Å². The molecule has 0 spiro atoms. The summed E-state index contributed by atoms with van der Waals surface area (Å²) >= 11 is 11.0. The van der Waals surface area contributed by atoms with Crippen LogP contribution in [0.5, 0.6) is 0 Å². The summed E-state index contributed by atoms with van der Waals surface area (Å²) < 4.78 is 41.9. The Kier molecular flexibility index (Phi) is 2.65. The van der Waals surface area contributed by atoms with Gasteiger partial charge in [0.25, 0.3) is 10.1 Å². The van der Waals surface area contributed by atoms with Crippen LogP contribution < -0.4 is 0 Å². The van der Waals surface area contributed by atoms with E-state index in [0.29, 0.717) is 11.3 Å². The number of halogens is 3. The molecule has 1 heterocycles. The van der Waals surface area contributed by atoms with E-state index in [1.54, 1.807) is 0 Å². The standard InChI is InChI=1S/C4HCl2FO3S2/c5-1-2(12(8,9)10)4(7)11-3(1)6/h(H,8,9,10). The van der Waals surface area contributed by atoms with E-state index in [4.69, 9.17) is 27.8 Å². The second-order valence-corrected chi connectivity index (χ2v) is 5.08. The Morgan fingerprint density at radius 2 is 1.92 bits per heavy atom. The van der Waals surface area contributed by atoms with E-state index < -0.39 is 25.2 Å². The van der Waals surface area contributed by atoms with Gasteiger partial charge in [-0.15, -0.1) is 0 Å². The van der Waals surface area contributed by atoms with Crippen LogP contribution in [0, 0.1) is 5.13 Å². The minimum Gasteiger partial charge on any atom is -0.282 e. The van der Waals surface area contributed by atoms with Crippen LogP contribution in [0.4, 0.5) is 4.39 Å². The molecular formula is C4HCl2FO3S2. The highest BCUT2D eigenvalue weighted by Gasteiger charge is 2.25. The van der Waals surface area contributed by atoms with Gasteiger partial charge in [-0.3, -0.25) is 4.55 Å². The SMILES string of the molecule is O=S(=O)(O)c1c(F)sc(Cl)c1Cl. The minimum atomic E-state index is -4.62. The van der Waals surface area contributed by atoms with Crippen molar-refractivity contribution in [3.63, 3.8) is 0 Å². The molecule has 0 aliphatic heterocycles. The molecule has 0 aliphatic carbocycles. The molecule has 3 nitrogen and oxygen atoms in total. The van der Waals surface area contributed by atoms with E-state index in [0.717, 1.165) is 0 Å². The van der Waals surface area contributed by atoms with Crippen molar-refractivity contribution in [3.8, 4) is 0 Å². The summed E-state index contributed by atoms with van der Waals surface area (Å²) in [6.45, 7) is 0. The summed E-state index contributed by atoms with van der Waals surface area (Å²) in [5.41, 5.74) is 0. The molecule has 0 saturated carbocycles. The third-order valence-electron chi connectivity index (χ3n) is 0.988. The van der Waals surface area contributed by atoms with Crippen LogP contribution in [0.2, 0.25) is 9.36 Å². The molecule has 0 aromatic carbocycles. The predicted molar refractivity (Wildman–Crippen MR) is 44.1 cm³/mol. The molecule has 0 radical (unpaired) electrons. The molecule has 0 aliphatic rings. The first kappa shape index (κ1) is 10.2. The molecule has 0 bridgehead atoms. The topological polar surface area (TPSA) is 54.4 Å². The normalized spacial score (nSPS) is 12.0. The summed E-state index contributed by atoms with van der Waals surface area (Å²) in [6, 6.07) is 0. The molecule has 1 aromatic rings.